The van der Waals surface area contributed by atoms with Crippen molar-refractivity contribution in [1.29, 1.82) is 0 Å². The monoisotopic (exact) mass is 432 g/mol. The summed E-state index contributed by atoms with van der Waals surface area (Å²) >= 11 is 0. The van der Waals surface area contributed by atoms with Crippen molar-refractivity contribution < 1.29 is 9.59 Å². The fourth-order valence-electron chi connectivity index (χ4n) is 4.48. The van der Waals surface area contributed by atoms with Crippen LogP contribution in [0.2, 0.25) is 0 Å². The highest BCUT2D eigenvalue weighted by Crippen LogP contribution is 2.34. The molecule has 2 aromatic rings. The third kappa shape index (κ3) is 4.75. The minimum absolute atomic E-state index is 0.00663. The van der Waals surface area contributed by atoms with E-state index in [0.717, 1.165) is 16.8 Å². The minimum Gasteiger partial charge on any atom is -0.340 e. The number of benzene rings is 2. The summed E-state index contributed by atoms with van der Waals surface area (Å²) < 4.78 is 0. The first-order valence-corrected chi connectivity index (χ1v) is 11.3. The van der Waals surface area contributed by atoms with Crippen molar-refractivity contribution in [2.24, 2.45) is 5.10 Å². The summed E-state index contributed by atoms with van der Waals surface area (Å²) in [6.45, 7) is 10.9. The molecule has 2 aliphatic heterocycles. The maximum atomic E-state index is 13.4. The van der Waals surface area contributed by atoms with Crippen LogP contribution >= 0.6 is 0 Å². The molecule has 32 heavy (non-hydrogen) atoms. The lowest BCUT2D eigenvalue weighted by atomic mass is 9.94. The van der Waals surface area contributed by atoms with Crippen molar-refractivity contribution in [3.63, 3.8) is 0 Å². The van der Waals surface area contributed by atoms with Crippen LogP contribution in [0.3, 0.4) is 0 Å². The Labute approximate surface area is 190 Å². The summed E-state index contributed by atoms with van der Waals surface area (Å²) in [7, 11) is 0. The first-order chi connectivity index (χ1) is 15.3. The summed E-state index contributed by atoms with van der Waals surface area (Å²) in [5, 5.41) is 6.55. The molecular weight excluding hydrogens is 400 g/mol. The van der Waals surface area contributed by atoms with Crippen molar-refractivity contribution in [3.8, 4) is 0 Å². The largest absolute Gasteiger partial charge is 0.340 e. The number of hydrogen-bond acceptors (Lipinski definition) is 4. The molecule has 0 N–H and O–H groups in total. The Morgan fingerprint density at radius 2 is 1.59 bits per heavy atom. The molecule has 6 heteroatoms. The van der Waals surface area contributed by atoms with Crippen molar-refractivity contribution in [2.45, 2.75) is 40.2 Å². The highest BCUT2D eigenvalue weighted by Gasteiger charge is 2.34. The molecule has 0 bridgehead atoms. The Kier molecular flexibility index (Phi) is 6.42. The Morgan fingerprint density at radius 3 is 2.25 bits per heavy atom. The van der Waals surface area contributed by atoms with E-state index in [0.29, 0.717) is 39.1 Å². The molecule has 1 atom stereocenters. The predicted octanol–water partition coefficient (Wildman–Crippen LogP) is 3.45. The van der Waals surface area contributed by atoms with E-state index in [4.69, 9.17) is 5.10 Å². The van der Waals surface area contributed by atoms with Gasteiger partial charge in [0.25, 0.3) is 5.91 Å². The second-order valence-electron chi connectivity index (χ2n) is 9.02. The summed E-state index contributed by atoms with van der Waals surface area (Å²) in [6.07, 6.45) is 0.706. The highest BCUT2D eigenvalue weighted by atomic mass is 16.2. The van der Waals surface area contributed by atoms with E-state index in [9.17, 15) is 9.59 Å². The third-order valence-corrected chi connectivity index (χ3v) is 6.51. The maximum Gasteiger partial charge on any atom is 0.257 e. The number of amides is 2. The number of nitrogens with zero attached hydrogens (tertiary/aromatic N) is 4. The van der Waals surface area contributed by atoms with E-state index in [1.165, 1.54) is 16.7 Å². The standard InChI is InChI=1S/C26H32N4O2/c1-18-6-9-22(10-7-18)25-16-24(23-15-19(2)5-8-20(23)3)27-30(25)26(32)17-28-11-13-29(14-12-28)21(4)31/h5-10,15,25H,11-14,16-17H2,1-4H3/t25-/m0/s1. The topological polar surface area (TPSA) is 56.2 Å². The summed E-state index contributed by atoms with van der Waals surface area (Å²) in [6, 6.07) is 14.7. The number of rotatable bonds is 4. The number of piperazine rings is 1. The van der Waals surface area contributed by atoms with Crippen LogP contribution in [0.4, 0.5) is 0 Å². The average molecular weight is 433 g/mol. The van der Waals surface area contributed by atoms with Gasteiger partial charge in [0, 0.05) is 45.1 Å². The number of carbonyl (C=O) groups excluding carboxylic acids is 2. The lowest BCUT2D eigenvalue weighted by Crippen LogP contribution is -2.50. The molecule has 0 unspecified atom stereocenters. The van der Waals surface area contributed by atoms with Crippen LogP contribution in [-0.2, 0) is 9.59 Å². The van der Waals surface area contributed by atoms with Gasteiger partial charge >= 0.3 is 0 Å². The van der Waals surface area contributed by atoms with Crippen LogP contribution in [0, 0.1) is 20.8 Å². The van der Waals surface area contributed by atoms with E-state index < -0.39 is 0 Å². The van der Waals surface area contributed by atoms with Crippen molar-refractivity contribution >= 4 is 17.5 Å². The smallest absolute Gasteiger partial charge is 0.257 e. The Balaban J connectivity index is 1.57. The Bertz CT molecular complexity index is 1040. The summed E-state index contributed by atoms with van der Waals surface area (Å²) in [4.78, 5) is 29.0. The van der Waals surface area contributed by atoms with Crippen LogP contribution in [-0.4, -0.2) is 65.1 Å². The van der Waals surface area contributed by atoms with Gasteiger partial charge in [0.05, 0.1) is 18.3 Å². The number of carbonyl (C=O) groups is 2. The van der Waals surface area contributed by atoms with Gasteiger partial charge in [-0.15, -0.1) is 0 Å². The van der Waals surface area contributed by atoms with E-state index in [1.807, 2.05) is 4.90 Å². The second-order valence-corrected chi connectivity index (χ2v) is 9.02. The van der Waals surface area contributed by atoms with Gasteiger partial charge in [-0.3, -0.25) is 14.5 Å². The Hall–Kier alpha value is -2.99. The highest BCUT2D eigenvalue weighted by molar-refractivity contribution is 6.04. The van der Waals surface area contributed by atoms with Crippen LogP contribution in [0.15, 0.2) is 47.6 Å². The molecule has 1 saturated heterocycles. The molecule has 0 radical (unpaired) electrons. The molecule has 0 spiro atoms. The molecule has 2 heterocycles. The number of hydrogen-bond donors (Lipinski definition) is 0. The molecule has 2 amide bonds. The van der Waals surface area contributed by atoms with E-state index in [-0.39, 0.29) is 17.9 Å². The molecule has 4 rings (SSSR count). The van der Waals surface area contributed by atoms with Gasteiger partial charge in [0.15, 0.2) is 0 Å². The fourth-order valence-corrected chi connectivity index (χ4v) is 4.48. The number of aryl methyl sites for hydroxylation is 3. The van der Waals surface area contributed by atoms with Gasteiger partial charge in [-0.25, -0.2) is 5.01 Å². The SMILES string of the molecule is CC(=O)N1CCN(CC(=O)N2N=C(c3cc(C)ccc3C)C[C@H]2c2ccc(C)cc2)CC1. The predicted molar refractivity (Wildman–Crippen MR) is 127 cm³/mol. The first-order valence-electron chi connectivity index (χ1n) is 11.3. The maximum absolute atomic E-state index is 13.4. The summed E-state index contributed by atoms with van der Waals surface area (Å²) in [5.41, 5.74) is 6.75. The molecule has 168 valence electrons. The molecule has 2 aliphatic rings. The fraction of sp³-hybridized carbons (Fsp3) is 0.423. The van der Waals surface area contributed by atoms with Crippen LogP contribution < -0.4 is 0 Å². The second kappa shape index (κ2) is 9.25. The zero-order chi connectivity index (χ0) is 22.8. The first kappa shape index (κ1) is 22.2. The van der Waals surface area contributed by atoms with E-state index in [2.05, 4.69) is 68.1 Å². The van der Waals surface area contributed by atoms with Crippen molar-refractivity contribution in [3.05, 3.63) is 70.3 Å². The van der Waals surface area contributed by atoms with Gasteiger partial charge in [-0.1, -0.05) is 47.5 Å². The van der Waals surface area contributed by atoms with E-state index >= 15 is 0 Å². The van der Waals surface area contributed by atoms with Crippen molar-refractivity contribution in [1.82, 2.24) is 14.8 Å². The van der Waals surface area contributed by atoms with Crippen LogP contribution in [0.1, 0.15) is 47.2 Å². The van der Waals surface area contributed by atoms with Gasteiger partial charge in [-0.2, -0.15) is 5.10 Å². The summed E-state index contributed by atoms with van der Waals surface area (Å²) in [5.74, 6) is 0.102. The average Bonchev–Trinajstić information content (AvgIpc) is 3.22. The van der Waals surface area contributed by atoms with Crippen LogP contribution in [0.5, 0.6) is 0 Å². The third-order valence-electron chi connectivity index (χ3n) is 6.51. The van der Waals surface area contributed by atoms with Crippen molar-refractivity contribution in [2.75, 3.05) is 32.7 Å². The van der Waals surface area contributed by atoms with Crippen LogP contribution in [0.25, 0.3) is 0 Å². The molecule has 1 fully saturated rings. The zero-order valence-electron chi connectivity index (χ0n) is 19.5. The van der Waals surface area contributed by atoms with E-state index in [1.54, 1.807) is 11.9 Å². The molecule has 0 aromatic heterocycles. The zero-order valence-corrected chi connectivity index (χ0v) is 19.5. The van der Waals surface area contributed by atoms with Gasteiger partial charge in [0.1, 0.15) is 0 Å². The molecule has 0 aliphatic carbocycles. The quantitative estimate of drug-likeness (QED) is 0.744. The van der Waals surface area contributed by atoms with Gasteiger partial charge < -0.3 is 4.90 Å². The normalized spacial score (nSPS) is 19.2. The van der Waals surface area contributed by atoms with Gasteiger partial charge in [-0.05, 0) is 38.0 Å². The molecule has 2 aromatic carbocycles. The molecule has 0 saturated carbocycles. The molecular formula is C26H32N4O2. The number of hydrazone groups is 1. The van der Waals surface area contributed by atoms with Gasteiger partial charge in [0.2, 0.25) is 5.91 Å². The Morgan fingerprint density at radius 1 is 0.938 bits per heavy atom. The lowest BCUT2D eigenvalue weighted by Gasteiger charge is -2.34. The lowest BCUT2D eigenvalue weighted by molar-refractivity contribution is -0.135. The molecule has 6 nitrogen and oxygen atoms in total. The minimum atomic E-state index is -0.100.